The van der Waals surface area contributed by atoms with Gasteiger partial charge in [0.25, 0.3) is 0 Å². The summed E-state index contributed by atoms with van der Waals surface area (Å²) in [5.74, 6) is 1.81. The first-order valence-electron chi connectivity index (χ1n) is 17.7. The van der Waals surface area contributed by atoms with Gasteiger partial charge in [0.05, 0.1) is 12.2 Å². The zero-order valence-corrected chi connectivity index (χ0v) is 28.7. The summed E-state index contributed by atoms with van der Waals surface area (Å²) in [5, 5.41) is 12.1. The fraction of sp³-hybridized carbons (Fsp3) is 0.944. The third-order valence-electron chi connectivity index (χ3n) is 15.4. The van der Waals surface area contributed by atoms with Crippen molar-refractivity contribution in [2.45, 2.75) is 137 Å². The van der Waals surface area contributed by atoms with E-state index < -0.39 is 12.2 Å². The Bertz CT molecular complexity index is 1140. The molecule has 8 nitrogen and oxygen atoms in total. The summed E-state index contributed by atoms with van der Waals surface area (Å²) < 4.78 is 17.7. The highest BCUT2D eigenvalue weighted by Crippen LogP contribution is 2.89. The molecule has 0 aromatic rings. The van der Waals surface area contributed by atoms with Crippen molar-refractivity contribution in [3.05, 3.63) is 0 Å². The second kappa shape index (κ2) is 10.7. The first-order chi connectivity index (χ1) is 20.6. The third kappa shape index (κ3) is 4.34. The molecule has 1 aliphatic heterocycles. The van der Waals surface area contributed by atoms with E-state index in [-0.39, 0.29) is 46.6 Å². The van der Waals surface area contributed by atoms with Gasteiger partial charge in [-0.15, -0.1) is 0 Å². The lowest BCUT2D eigenvalue weighted by atomic mass is 9.41. The highest BCUT2D eigenvalue weighted by Gasteiger charge is 2.83. The summed E-state index contributed by atoms with van der Waals surface area (Å²) in [5.41, 5.74) is 5.87. The molecular formula is C36H60N2O6. The number of aliphatic hydroxyl groups is 1. The first kappa shape index (κ1) is 32.4. The summed E-state index contributed by atoms with van der Waals surface area (Å²) in [6.45, 7) is 17.7. The number of ether oxygens (including phenoxy) is 3. The molecule has 1 saturated heterocycles. The SMILES string of the molecule is COC(C[C@@H](C)[C@H]1C[C@H](O)[C@@]2(C)C3CC[C@H]4C(C)(C)C(OC(=O)N5CCC5)CCC45CC35CCC12C)C(OC(N)=O)C(C)C. The zero-order valence-electron chi connectivity index (χ0n) is 28.7. The molecule has 6 aliphatic rings. The molecule has 250 valence electrons. The molecule has 6 fully saturated rings. The molecule has 5 saturated carbocycles. The molecule has 0 bridgehead atoms. The van der Waals surface area contributed by atoms with Crippen molar-refractivity contribution < 1.29 is 28.9 Å². The Hall–Kier alpha value is -1.54. The number of likely N-dealkylation sites (tertiary alicyclic amines) is 1. The highest BCUT2D eigenvalue weighted by molar-refractivity contribution is 5.68. The fourth-order valence-electron chi connectivity index (χ4n) is 12.8. The monoisotopic (exact) mass is 616 g/mol. The fourth-order valence-corrected chi connectivity index (χ4v) is 12.8. The number of aliphatic hydroxyl groups excluding tert-OH is 1. The molecule has 0 aromatic carbocycles. The summed E-state index contributed by atoms with van der Waals surface area (Å²) in [6.07, 6.45) is 8.85. The number of fused-ring (bicyclic) bond motifs is 2. The van der Waals surface area contributed by atoms with Gasteiger partial charge in [-0.3, -0.25) is 0 Å². The van der Waals surface area contributed by atoms with E-state index in [1.807, 2.05) is 18.7 Å². The van der Waals surface area contributed by atoms with Gasteiger partial charge in [0.1, 0.15) is 12.2 Å². The number of rotatable bonds is 8. The van der Waals surface area contributed by atoms with E-state index in [0.29, 0.717) is 34.5 Å². The Labute approximate surface area is 265 Å². The van der Waals surface area contributed by atoms with Gasteiger partial charge in [-0.25, -0.2) is 9.59 Å². The molecule has 12 atom stereocenters. The Balaban J connectivity index is 1.21. The minimum Gasteiger partial charge on any atom is -0.446 e. The van der Waals surface area contributed by atoms with Gasteiger partial charge in [-0.05, 0) is 110 Å². The van der Waals surface area contributed by atoms with Gasteiger partial charge in [-0.1, -0.05) is 48.5 Å². The van der Waals surface area contributed by atoms with Crippen molar-refractivity contribution in [3.8, 4) is 0 Å². The average Bonchev–Trinajstić information content (AvgIpc) is 3.53. The molecule has 0 radical (unpaired) electrons. The second-order valence-corrected chi connectivity index (χ2v) is 17.4. The molecule has 6 rings (SSSR count). The van der Waals surface area contributed by atoms with Crippen LogP contribution in [0.5, 0.6) is 0 Å². The minimum atomic E-state index is -0.757. The van der Waals surface area contributed by atoms with Crippen molar-refractivity contribution in [1.29, 1.82) is 0 Å². The maximum absolute atomic E-state index is 12.8. The number of carbonyl (C=O) groups is 2. The maximum atomic E-state index is 12.8. The van der Waals surface area contributed by atoms with E-state index in [9.17, 15) is 14.7 Å². The van der Waals surface area contributed by atoms with Gasteiger partial charge >= 0.3 is 12.2 Å². The van der Waals surface area contributed by atoms with Gasteiger partial charge in [-0.2, -0.15) is 0 Å². The van der Waals surface area contributed by atoms with Crippen LogP contribution in [-0.2, 0) is 14.2 Å². The molecule has 2 amide bonds. The van der Waals surface area contributed by atoms with Crippen LogP contribution in [0, 0.1) is 56.7 Å². The summed E-state index contributed by atoms with van der Waals surface area (Å²) in [4.78, 5) is 26.4. The van der Waals surface area contributed by atoms with Crippen LogP contribution in [0.2, 0.25) is 0 Å². The topological polar surface area (TPSA) is 111 Å². The van der Waals surface area contributed by atoms with Gasteiger partial charge in [0, 0.05) is 31.0 Å². The van der Waals surface area contributed by atoms with Gasteiger partial charge in [0.2, 0.25) is 0 Å². The molecule has 44 heavy (non-hydrogen) atoms. The molecule has 7 unspecified atom stereocenters. The number of nitrogens with zero attached hydrogens (tertiary/aromatic N) is 1. The molecule has 0 aromatic heterocycles. The van der Waals surface area contributed by atoms with E-state index in [2.05, 4.69) is 34.6 Å². The van der Waals surface area contributed by atoms with Crippen molar-refractivity contribution >= 4 is 12.2 Å². The average molecular weight is 617 g/mol. The normalized spacial score (nSPS) is 45.5. The Morgan fingerprint density at radius 2 is 1.64 bits per heavy atom. The maximum Gasteiger partial charge on any atom is 0.410 e. The number of primary amides is 1. The number of methoxy groups -OCH3 is 1. The lowest BCUT2D eigenvalue weighted by Gasteiger charge is -2.64. The predicted molar refractivity (Wildman–Crippen MR) is 169 cm³/mol. The van der Waals surface area contributed by atoms with Gasteiger partial charge < -0.3 is 30.0 Å². The summed E-state index contributed by atoms with van der Waals surface area (Å²) >= 11 is 0. The van der Waals surface area contributed by atoms with Crippen LogP contribution in [0.1, 0.15) is 113 Å². The smallest absolute Gasteiger partial charge is 0.410 e. The Morgan fingerprint density at radius 3 is 2.23 bits per heavy atom. The minimum absolute atomic E-state index is 0.0193. The van der Waals surface area contributed by atoms with Crippen LogP contribution in [0.4, 0.5) is 9.59 Å². The van der Waals surface area contributed by atoms with Crippen LogP contribution in [0.25, 0.3) is 0 Å². The van der Waals surface area contributed by atoms with E-state index in [1.165, 1.54) is 12.8 Å². The van der Waals surface area contributed by atoms with E-state index in [1.54, 1.807) is 7.11 Å². The summed E-state index contributed by atoms with van der Waals surface area (Å²) in [6, 6.07) is 0. The first-order valence-corrected chi connectivity index (χ1v) is 17.7. The number of hydrogen-bond donors (Lipinski definition) is 2. The summed E-state index contributed by atoms with van der Waals surface area (Å²) in [7, 11) is 1.70. The number of hydrogen-bond acceptors (Lipinski definition) is 6. The largest absolute Gasteiger partial charge is 0.446 e. The lowest BCUT2D eigenvalue weighted by molar-refractivity contribution is -0.183. The highest BCUT2D eigenvalue weighted by atomic mass is 16.6. The van der Waals surface area contributed by atoms with Crippen LogP contribution in [0.15, 0.2) is 0 Å². The van der Waals surface area contributed by atoms with Gasteiger partial charge in [0.15, 0.2) is 0 Å². The zero-order chi connectivity index (χ0) is 32.0. The van der Waals surface area contributed by atoms with Crippen LogP contribution in [0.3, 0.4) is 0 Å². The van der Waals surface area contributed by atoms with E-state index in [0.717, 1.165) is 64.5 Å². The van der Waals surface area contributed by atoms with Crippen LogP contribution < -0.4 is 5.73 Å². The predicted octanol–water partition coefficient (Wildman–Crippen LogP) is 6.77. The Kier molecular flexibility index (Phi) is 7.92. The van der Waals surface area contributed by atoms with E-state index >= 15 is 0 Å². The van der Waals surface area contributed by atoms with Crippen molar-refractivity contribution in [2.75, 3.05) is 20.2 Å². The van der Waals surface area contributed by atoms with Crippen LogP contribution in [-0.4, -0.2) is 66.8 Å². The number of nitrogens with two attached hydrogens (primary N) is 1. The quantitative estimate of drug-likeness (QED) is 0.311. The molecular weight excluding hydrogens is 556 g/mol. The third-order valence-corrected chi connectivity index (χ3v) is 15.4. The lowest BCUT2D eigenvalue weighted by Crippen LogP contribution is -2.60. The number of carbonyl (C=O) groups excluding carboxylic acids is 2. The molecule has 2 spiro atoms. The Morgan fingerprint density at radius 1 is 0.977 bits per heavy atom. The molecule has 1 heterocycles. The van der Waals surface area contributed by atoms with E-state index in [4.69, 9.17) is 19.9 Å². The molecule has 8 heteroatoms. The van der Waals surface area contributed by atoms with Crippen molar-refractivity contribution in [2.24, 2.45) is 62.4 Å². The standard InChI is InChI=1S/C36H60N2O6/c1-21(2)29(44-30(37)40)24(42-8)18-22(3)23-19-27(39)34(7)26-11-10-25-32(4,5)28(43-31(41)38-16-9-17-38)12-13-35(25)20-36(26,35)15-14-33(23,34)6/h21-29,39H,9-20H2,1-8H3,(H2,37,40)/t22-,23-,24?,25+,26?,27+,28?,29?,33?,34-,35?,36?/m1/s1. The second-order valence-electron chi connectivity index (χ2n) is 17.4. The number of amides is 2. The van der Waals surface area contributed by atoms with Crippen molar-refractivity contribution in [1.82, 2.24) is 4.90 Å². The van der Waals surface area contributed by atoms with Crippen LogP contribution >= 0.6 is 0 Å². The van der Waals surface area contributed by atoms with Crippen molar-refractivity contribution in [3.63, 3.8) is 0 Å². The molecule has 3 N–H and O–H groups in total. The molecule has 5 aliphatic carbocycles.